The van der Waals surface area contributed by atoms with E-state index in [2.05, 4.69) is 15.6 Å². The molecule has 13 heteroatoms. The quantitative estimate of drug-likeness (QED) is 0.399. The maximum Gasteiger partial charge on any atom is 0.417 e. The number of urea groups is 1. The second kappa shape index (κ2) is 9.48. The number of halogens is 6. The van der Waals surface area contributed by atoms with Gasteiger partial charge in [-0.1, -0.05) is 6.07 Å². The molecule has 3 aromatic rings. The maximum atomic E-state index is 12.8. The summed E-state index contributed by atoms with van der Waals surface area (Å²) in [4.78, 5) is 28.0. The van der Waals surface area contributed by atoms with Crippen LogP contribution in [0.4, 0.5) is 42.5 Å². The molecule has 3 N–H and O–H groups in total. The number of carbonyl (C=O) groups is 2. The van der Waals surface area contributed by atoms with Crippen molar-refractivity contribution in [1.82, 2.24) is 10.3 Å². The molecule has 6 nitrogen and oxygen atoms in total. The van der Waals surface area contributed by atoms with Crippen molar-refractivity contribution in [3.63, 3.8) is 0 Å². The molecule has 0 aliphatic heterocycles. The normalized spacial score (nSPS) is 11.7. The minimum atomic E-state index is -4.66. The monoisotopic (exact) mass is 488 g/mol. The number of nitrogens with one attached hydrogen (secondary N) is 3. The highest BCUT2D eigenvalue weighted by atomic mass is 32.1. The molecule has 0 bridgehead atoms. The maximum absolute atomic E-state index is 12.8. The summed E-state index contributed by atoms with van der Waals surface area (Å²) < 4.78 is 75.7. The topological polar surface area (TPSA) is 83.1 Å². The SMILES string of the molecule is O=C(Nc1cncc(C(F)(F)F)c1)Nc1cc(C(=O)NCC(F)(F)F)ccc1-c1ccsc1. The third-order valence-corrected chi connectivity index (χ3v) is 4.82. The van der Waals surface area contributed by atoms with Crippen LogP contribution in [-0.2, 0) is 6.18 Å². The van der Waals surface area contributed by atoms with Crippen molar-refractivity contribution in [3.8, 4) is 11.1 Å². The van der Waals surface area contributed by atoms with Crippen molar-refractivity contribution in [2.75, 3.05) is 17.2 Å². The minimum absolute atomic E-state index is 0.0606. The molecule has 0 atom stereocenters. The lowest BCUT2D eigenvalue weighted by Crippen LogP contribution is -2.33. The third kappa shape index (κ3) is 6.68. The molecule has 0 fully saturated rings. The number of carbonyl (C=O) groups excluding carboxylic acids is 2. The zero-order chi connectivity index (χ0) is 24.2. The number of rotatable bonds is 5. The highest BCUT2D eigenvalue weighted by molar-refractivity contribution is 7.08. The van der Waals surface area contributed by atoms with E-state index >= 15 is 0 Å². The van der Waals surface area contributed by atoms with Crippen LogP contribution in [0.1, 0.15) is 15.9 Å². The molecule has 0 saturated carbocycles. The number of amides is 3. The number of aromatic nitrogens is 1. The number of thiophene rings is 1. The molecular weight excluding hydrogens is 474 g/mol. The molecular formula is C20H14F6N4O2S. The first-order valence-corrected chi connectivity index (χ1v) is 9.98. The average molecular weight is 488 g/mol. The van der Waals surface area contributed by atoms with Gasteiger partial charge in [0.05, 0.1) is 23.1 Å². The second-order valence-electron chi connectivity index (χ2n) is 6.61. The molecule has 2 aromatic heterocycles. The number of anilines is 2. The first kappa shape index (κ1) is 24.0. The molecule has 2 heterocycles. The Morgan fingerprint density at radius 3 is 2.36 bits per heavy atom. The lowest BCUT2D eigenvalue weighted by molar-refractivity contribution is -0.137. The van der Waals surface area contributed by atoms with Gasteiger partial charge in [-0.2, -0.15) is 37.7 Å². The van der Waals surface area contributed by atoms with Gasteiger partial charge in [0.1, 0.15) is 6.54 Å². The fourth-order valence-electron chi connectivity index (χ4n) is 2.69. The smallest absolute Gasteiger partial charge is 0.343 e. The van der Waals surface area contributed by atoms with Crippen LogP contribution in [0.25, 0.3) is 11.1 Å². The van der Waals surface area contributed by atoms with Gasteiger partial charge < -0.3 is 16.0 Å². The molecule has 1 aromatic carbocycles. The largest absolute Gasteiger partial charge is 0.417 e. The van der Waals surface area contributed by atoms with Gasteiger partial charge in [-0.05, 0) is 40.6 Å². The molecule has 0 unspecified atom stereocenters. The fraction of sp³-hybridized carbons (Fsp3) is 0.150. The Hall–Kier alpha value is -3.61. The van der Waals surface area contributed by atoms with Crippen molar-refractivity contribution in [1.29, 1.82) is 0 Å². The summed E-state index contributed by atoms with van der Waals surface area (Å²) in [5, 5.41) is 9.84. The van der Waals surface area contributed by atoms with Crippen LogP contribution in [0.2, 0.25) is 0 Å². The van der Waals surface area contributed by atoms with Gasteiger partial charge in [0.2, 0.25) is 0 Å². The Labute approximate surface area is 186 Å². The van der Waals surface area contributed by atoms with E-state index in [0.29, 0.717) is 23.4 Å². The van der Waals surface area contributed by atoms with Crippen LogP contribution in [0.5, 0.6) is 0 Å². The summed E-state index contributed by atoms with van der Waals surface area (Å²) in [6, 6.07) is 5.35. The van der Waals surface area contributed by atoms with E-state index in [4.69, 9.17) is 0 Å². The van der Waals surface area contributed by atoms with E-state index in [1.165, 1.54) is 29.5 Å². The number of hydrogen-bond donors (Lipinski definition) is 3. The van der Waals surface area contributed by atoms with Crippen molar-refractivity contribution in [2.24, 2.45) is 0 Å². The van der Waals surface area contributed by atoms with E-state index in [1.807, 2.05) is 0 Å². The van der Waals surface area contributed by atoms with E-state index in [1.54, 1.807) is 22.1 Å². The van der Waals surface area contributed by atoms with Crippen LogP contribution >= 0.6 is 11.3 Å². The molecule has 33 heavy (non-hydrogen) atoms. The summed E-state index contributed by atoms with van der Waals surface area (Å²) in [5.74, 6) is -1.02. The van der Waals surface area contributed by atoms with Crippen molar-refractivity contribution in [2.45, 2.75) is 12.4 Å². The van der Waals surface area contributed by atoms with Crippen LogP contribution in [-0.4, -0.2) is 29.6 Å². The Kier molecular flexibility index (Phi) is 6.91. The summed E-state index contributed by atoms with van der Waals surface area (Å²) in [7, 11) is 0. The average Bonchev–Trinajstić information content (AvgIpc) is 3.25. The van der Waals surface area contributed by atoms with E-state index in [-0.39, 0.29) is 16.9 Å². The van der Waals surface area contributed by atoms with Gasteiger partial charge in [0.15, 0.2) is 0 Å². The highest BCUT2D eigenvalue weighted by Crippen LogP contribution is 2.32. The zero-order valence-electron chi connectivity index (χ0n) is 16.3. The van der Waals surface area contributed by atoms with E-state index in [9.17, 15) is 35.9 Å². The number of hydrogen-bond acceptors (Lipinski definition) is 4. The van der Waals surface area contributed by atoms with E-state index in [0.717, 1.165) is 6.20 Å². The van der Waals surface area contributed by atoms with Gasteiger partial charge >= 0.3 is 18.4 Å². The summed E-state index contributed by atoms with van der Waals surface area (Å²) >= 11 is 1.34. The lowest BCUT2D eigenvalue weighted by Gasteiger charge is -2.14. The van der Waals surface area contributed by atoms with Crippen LogP contribution in [0.15, 0.2) is 53.5 Å². The molecule has 0 aliphatic rings. The molecule has 0 radical (unpaired) electrons. The summed E-state index contributed by atoms with van der Waals surface area (Å²) in [5.41, 5.74) is -0.305. The Morgan fingerprint density at radius 2 is 1.73 bits per heavy atom. The predicted octanol–water partition coefficient (Wildman–Crippen LogP) is 5.77. The van der Waals surface area contributed by atoms with Gasteiger partial charge in [0.25, 0.3) is 5.91 Å². The van der Waals surface area contributed by atoms with Gasteiger partial charge in [-0.3, -0.25) is 9.78 Å². The second-order valence-corrected chi connectivity index (χ2v) is 7.39. The van der Waals surface area contributed by atoms with Crippen LogP contribution < -0.4 is 16.0 Å². The van der Waals surface area contributed by atoms with Crippen LogP contribution in [0, 0.1) is 0 Å². The standard InChI is InChI=1S/C20H14F6N4O2S/c21-19(22,23)10-28-17(31)11-1-2-15(12-3-4-33-9-12)16(5-11)30-18(32)29-14-6-13(7-27-8-14)20(24,25)26/h1-9H,10H2,(H,28,31)(H2,29,30,32). The van der Waals surface area contributed by atoms with Gasteiger partial charge in [0, 0.05) is 17.3 Å². The summed E-state index contributed by atoms with van der Waals surface area (Å²) in [6.45, 7) is -1.54. The van der Waals surface area contributed by atoms with Crippen molar-refractivity contribution >= 4 is 34.6 Å². The van der Waals surface area contributed by atoms with Gasteiger partial charge in [-0.25, -0.2) is 4.79 Å². The molecule has 3 amide bonds. The molecule has 0 spiro atoms. The fourth-order valence-corrected chi connectivity index (χ4v) is 3.34. The number of alkyl halides is 6. The van der Waals surface area contributed by atoms with Crippen molar-refractivity contribution < 1.29 is 35.9 Å². The van der Waals surface area contributed by atoms with E-state index < -0.39 is 36.4 Å². The number of nitrogens with zero attached hydrogens (tertiary/aromatic N) is 1. The third-order valence-electron chi connectivity index (χ3n) is 4.13. The Bertz CT molecular complexity index is 1150. The predicted molar refractivity (Wildman–Crippen MR) is 110 cm³/mol. The number of benzene rings is 1. The Balaban J connectivity index is 1.84. The minimum Gasteiger partial charge on any atom is -0.343 e. The number of pyridine rings is 1. The molecule has 0 aliphatic carbocycles. The lowest BCUT2D eigenvalue weighted by atomic mass is 10.0. The first-order chi connectivity index (χ1) is 15.4. The van der Waals surface area contributed by atoms with Gasteiger partial charge in [-0.15, -0.1) is 0 Å². The van der Waals surface area contributed by atoms with Crippen molar-refractivity contribution in [3.05, 3.63) is 64.6 Å². The summed E-state index contributed by atoms with van der Waals surface area (Å²) in [6.07, 6.45) is -7.66. The first-order valence-electron chi connectivity index (χ1n) is 9.04. The highest BCUT2D eigenvalue weighted by Gasteiger charge is 2.31. The Morgan fingerprint density at radius 1 is 0.970 bits per heavy atom. The molecule has 174 valence electrons. The molecule has 0 saturated heterocycles. The van der Waals surface area contributed by atoms with Crippen LogP contribution in [0.3, 0.4) is 0 Å². The zero-order valence-corrected chi connectivity index (χ0v) is 17.2. The molecule has 3 rings (SSSR count).